The van der Waals surface area contributed by atoms with E-state index in [0.717, 1.165) is 29.2 Å². The molecule has 2 amide bonds. The van der Waals surface area contributed by atoms with E-state index in [1.165, 1.54) is 0 Å². The lowest BCUT2D eigenvalue weighted by molar-refractivity contribution is -0.137. The van der Waals surface area contributed by atoms with E-state index in [2.05, 4.69) is 0 Å². The highest BCUT2D eigenvalue weighted by Gasteiger charge is 2.51. The summed E-state index contributed by atoms with van der Waals surface area (Å²) in [6.07, 6.45) is -4.82. The molecule has 1 atom stereocenters. The third-order valence-corrected chi connectivity index (χ3v) is 8.71. The van der Waals surface area contributed by atoms with Gasteiger partial charge in [-0.15, -0.1) is 0 Å². The van der Waals surface area contributed by atoms with E-state index in [-0.39, 0.29) is 12.1 Å². The zero-order valence-electron chi connectivity index (χ0n) is 16.1. The number of hydrogen-bond acceptors (Lipinski definition) is 3. The van der Waals surface area contributed by atoms with Gasteiger partial charge in [-0.25, -0.2) is 4.90 Å². The predicted molar refractivity (Wildman–Crippen MR) is 112 cm³/mol. The molecule has 0 bridgehead atoms. The zero-order chi connectivity index (χ0) is 22.2. The summed E-state index contributed by atoms with van der Waals surface area (Å²) in [4.78, 5) is 26.9. The van der Waals surface area contributed by atoms with E-state index >= 15 is 0 Å². The summed E-state index contributed by atoms with van der Waals surface area (Å²) in [6.45, 7) is 0. The van der Waals surface area contributed by atoms with E-state index in [4.69, 9.17) is 0 Å². The smallest absolute Gasteiger partial charge is 0.313 e. The highest BCUT2D eigenvalue weighted by molar-refractivity contribution is 7.80. The molecule has 1 fully saturated rings. The third kappa shape index (κ3) is 3.70. The first-order valence-corrected chi connectivity index (χ1v) is 11.3. The number of benzene rings is 3. The lowest BCUT2D eigenvalue weighted by Gasteiger charge is -2.24. The molecule has 1 unspecified atom stereocenters. The molecule has 158 valence electrons. The van der Waals surface area contributed by atoms with Gasteiger partial charge in [-0.2, -0.15) is 13.2 Å². The highest BCUT2D eigenvalue weighted by atomic mass is 31.2. The van der Waals surface area contributed by atoms with Crippen molar-refractivity contribution in [2.45, 2.75) is 18.3 Å². The number of carbonyl (C=O) groups excluding carboxylic acids is 2. The Hall–Kier alpha value is -3.18. The largest absolute Gasteiger partial charge is 0.416 e. The van der Waals surface area contributed by atoms with Crippen LogP contribution in [0.25, 0.3) is 0 Å². The number of alkyl halides is 3. The molecule has 0 aliphatic carbocycles. The monoisotopic (exact) mass is 443 g/mol. The topological polar surface area (TPSA) is 54.5 Å². The molecule has 3 aromatic carbocycles. The number of amides is 2. The van der Waals surface area contributed by atoms with Gasteiger partial charge in [0.05, 0.1) is 11.3 Å². The lowest BCUT2D eigenvalue weighted by atomic mass is 10.2. The van der Waals surface area contributed by atoms with Crippen molar-refractivity contribution in [1.29, 1.82) is 0 Å². The third-order valence-electron chi connectivity index (χ3n) is 5.29. The van der Waals surface area contributed by atoms with Gasteiger partial charge in [0, 0.05) is 17.0 Å². The van der Waals surface area contributed by atoms with Crippen molar-refractivity contribution in [1.82, 2.24) is 0 Å². The normalized spacial score (nSPS) is 17.3. The minimum absolute atomic E-state index is 0.0261. The van der Waals surface area contributed by atoms with Crippen LogP contribution in [0.3, 0.4) is 0 Å². The van der Waals surface area contributed by atoms with Crippen molar-refractivity contribution in [3.63, 3.8) is 0 Å². The van der Waals surface area contributed by atoms with E-state index in [9.17, 15) is 27.3 Å². The van der Waals surface area contributed by atoms with E-state index in [1.54, 1.807) is 60.7 Å². The average Bonchev–Trinajstić information content (AvgIpc) is 3.08. The quantitative estimate of drug-likeness (QED) is 0.445. The summed E-state index contributed by atoms with van der Waals surface area (Å²) in [5.41, 5.74) is -1.99. The molecular weight excluding hydrogens is 426 g/mol. The van der Waals surface area contributed by atoms with Gasteiger partial charge in [0.25, 0.3) is 0 Å². The molecule has 0 radical (unpaired) electrons. The van der Waals surface area contributed by atoms with Crippen LogP contribution in [0.15, 0.2) is 84.9 Å². The Balaban J connectivity index is 1.76. The average molecular weight is 443 g/mol. The van der Waals surface area contributed by atoms with E-state index in [0.29, 0.717) is 10.6 Å². The summed E-state index contributed by atoms with van der Waals surface area (Å²) >= 11 is 0. The summed E-state index contributed by atoms with van der Waals surface area (Å²) < 4.78 is 53.0. The molecule has 8 heteroatoms. The standard InChI is InChI=1S/C23H17F3NO3P/c24-23(25,26)16-11-13-17(14-12-16)27-21(28)15-20(22(27)29)31(30,18-7-3-1-4-8-18)19-9-5-2-6-10-19/h1-14,20H,15H2. The highest BCUT2D eigenvalue weighted by Crippen LogP contribution is 2.53. The molecule has 4 rings (SSSR count). The summed E-state index contributed by atoms with van der Waals surface area (Å²) in [6, 6.07) is 20.8. The van der Waals surface area contributed by atoms with Crippen molar-refractivity contribution >= 4 is 35.3 Å². The Kier molecular flexibility index (Phi) is 5.31. The number of halogens is 3. The zero-order valence-corrected chi connectivity index (χ0v) is 17.0. The van der Waals surface area contributed by atoms with Gasteiger partial charge in [-0.05, 0) is 24.3 Å². The van der Waals surface area contributed by atoms with Crippen molar-refractivity contribution < 1.29 is 27.3 Å². The summed E-state index contributed by atoms with van der Waals surface area (Å²) in [5, 5.41) is 0.892. The van der Waals surface area contributed by atoms with E-state index in [1.807, 2.05) is 0 Å². The maximum Gasteiger partial charge on any atom is 0.416 e. The Labute approximate surface area is 176 Å². The van der Waals surface area contributed by atoms with Gasteiger partial charge in [0.15, 0.2) is 7.14 Å². The van der Waals surface area contributed by atoms with Crippen molar-refractivity contribution in [2.24, 2.45) is 0 Å². The van der Waals surface area contributed by atoms with Crippen molar-refractivity contribution in [2.75, 3.05) is 4.90 Å². The van der Waals surface area contributed by atoms with Gasteiger partial charge in [0.2, 0.25) is 11.8 Å². The number of rotatable bonds is 4. The fraction of sp³-hybridized carbons (Fsp3) is 0.130. The van der Waals surface area contributed by atoms with Crippen molar-refractivity contribution in [3.8, 4) is 0 Å². The molecule has 1 aliphatic heterocycles. The van der Waals surface area contributed by atoms with Crippen LogP contribution in [0.2, 0.25) is 0 Å². The molecule has 1 heterocycles. The second kappa shape index (κ2) is 7.82. The molecule has 0 N–H and O–H groups in total. The Morgan fingerprint density at radius 1 is 0.774 bits per heavy atom. The van der Waals surface area contributed by atoms with Gasteiger partial charge in [0.1, 0.15) is 5.66 Å². The lowest BCUT2D eigenvalue weighted by Crippen LogP contribution is -2.35. The Morgan fingerprint density at radius 3 is 1.71 bits per heavy atom. The second-order valence-corrected chi connectivity index (χ2v) is 10.1. The SMILES string of the molecule is O=C1CC(P(=O)(c2ccccc2)c2ccccc2)C(=O)N1c1ccc(C(F)(F)F)cc1. The first-order valence-electron chi connectivity index (χ1n) is 9.48. The van der Waals surface area contributed by atoms with Crippen LogP contribution in [0.5, 0.6) is 0 Å². The Bertz CT molecular complexity index is 1120. The fourth-order valence-corrected chi connectivity index (χ4v) is 6.87. The number of hydrogen-bond donors (Lipinski definition) is 0. The number of anilines is 1. The van der Waals surface area contributed by atoms with Crippen LogP contribution >= 0.6 is 7.14 Å². The molecule has 0 aromatic heterocycles. The minimum atomic E-state index is -4.53. The van der Waals surface area contributed by atoms with Crippen LogP contribution in [-0.4, -0.2) is 17.5 Å². The molecule has 0 spiro atoms. The van der Waals surface area contributed by atoms with Gasteiger partial charge in [-0.3, -0.25) is 9.59 Å². The molecule has 1 saturated heterocycles. The summed E-state index contributed by atoms with van der Waals surface area (Å²) in [5.74, 6) is -1.28. The molecule has 0 saturated carbocycles. The van der Waals surface area contributed by atoms with Crippen LogP contribution in [0.1, 0.15) is 12.0 Å². The number of carbonyl (C=O) groups is 2. The first kappa shape index (κ1) is 21.1. The molecule has 3 aromatic rings. The maximum absolute atomic E-state index is 14.4. The van der Waals surface area contributed by atoms with Gasteiger partial charge in [-0.1, -0.05) is 60.7 Å². The molecule has 1 aliphatic rings. The summed E-state index contributed by atoms with van der Waals surface area (Å²) in [7, 11) is -3.55. The van der Waals surface area contributed by atoms with Gasteiger partial charge >= 0.3 is 6.18 Å². The van der Waals surface area contributed by atoms with E-state index < -0.39 is 36.4 Å². The van der Waals surface area contributed by atoms with Crippen LogP contribution in [0.4, 0.5) is 18.9 Å². The number of imide groups is 1. The van der Waals surface area contributed by atoms with Crippen LogP contribution in [0, 0.1) is 0 Å². The first-order chi connectivity index (χ1) is 14.7. The Morgan fingerprint density at radius 2 is 1.26 bits per heavy atom. The van der Waals surface area contributed by atoms with Crippen LogP contribution in [-0.2, 0) is 20.3 Å². The van der Waals surface area contributed by atoms with Crippen LogP contribution < -0.4 is 15.5 Å². The molecule has 4 nitrogen and oxygen atoms in total. The fourth-order valence-electron chi connectivity index (χ4n) is 3.78. The molecular formula is C23H17F3NO3P. The maximum atomic E-state index is 14.4. The van der Waals surface area contributed by atoms with Gasteiger partial charge < -0.3 is 4.57 Å². The van der Waals surface area contributed by atoms with Crippen molar-refractivity contribution in [3.05, 3.63) is 90.5 Å². The molecule has 31 heavy (non-hydrogen) atoms. The number of nitrogens with zero attached hydrogens (tertiary/aromatic N) is 1. The second-order valence-electron chi connectivity index (χ2n) is 7.16. The minimum Gasteiger partial charge on any atom is -0.313 e. The predicted octanol–water partition coefficient (Wildman–Crippen LogP) is 4.35.